The number of nitrogens with zero attached hydrogens (tertiary/aromatic N) is 2. The number of benzene rings is 1. The van der Waals surface area contributed by atoms with Crippen LogP contribution >= 0.6 is 0 Å². The van der Waals surface area contributed by atoms with Crippen LogP contribution in [0.5, 0.6) is 0 Å². The Hall–Kier alpha value is -2.18. The molecule has 2 N–H and O–H groups in total. The lowest BCUT2D eigenvalue weighted by Crippen LogP contribution is -2.35. The zero-order valence-corrected chi connectivity index (χ0v) is 11.8. The minimum Gasteiger partial charge on any atom is -0.392 e. The van der Waals surface area contributed by atoms with E-state index in [2.05, 4.69) is 0 Å². The molecule has 1 fully saturated rings. The van der Waals surface area contributed by atoms with Gasteiger partial charge < -0.3 is 10.6 Å². The first-order valence-electron chi connectivity index (χ1n) is 7.00. The molecule has 0 unspecified atom stereocenters. The largest absolute Gasteiger partial charge is 0.392 e. The van der Waals surface area contributed by atoms with Crippen LogP contribution in [0.15, 0.2) is 12.1 Å². The van der Waals surface area contributed by atoms with E-state index >= 15 is 0 Å². The molecule has 1 aliphatic carbocycles. The van der Waals surface area contributed by atoms with Gasteiger partial charge in [0, 0.05) is 18.7 Å². The maximum Gasteiger partial charge on any atom is 0.293 e. The average molecular weight is 295 g/mol. The van der Waals surface area contributed by atoms with E-state index < -0.39 is 28.0 Å². The van der Waals surface area contributed by atoms with Gasteiger partial charge in [0.1, 0.15) is 17.1 Å². The SMILES string of the molecule is CCCCN(C(=O)c1c(F)ccc([N+](=O)[O-])c1N)C1CC1. The van der Waals surface area contributed by atoms with Crippen LogP contribution in [-0.2, 0) is 0 Å². The Morgan fingerprint density at radius 2 is 2.19 bits per heavy atom. The fourth-order valence-electron chi connectivity index (χ4n) is 2.27. The number of hydrogen-bond acceptors (Lipinski definition) is 4. The highest BCUT2D eigenvalue weighted by Gasteiger charge is 2.35. The number of nitro groups is 1. The second kappa shape index (κ2) is 6.07. The molecule has 0 bridgehead atoms. The molecular weight excluding hydrogens is 277 g/mol. The molecule has 114 valence electrons. The van der Waals surface area contributed by atoms with Gasteiger partial charge in [-0.1, -0.05) is 13.3 Å². The van der Waals surface area contributed by atoms with Crippen molar-refractivity contribution in [3.05, 3.63) is 33.6 Å². The highest BCUT2D eigenvalue weighted by molar-refractivity contribution is 6.01. The lowest BCUT2D eigenvalue weighted by atomic mass is 10.1. The van der Waals surface area contributed by atoms with E-state index in [1.54, 1.807) is 4.90 Å². The topological polar surface area (TPSA) is 89.5 Å². The molecule has 1 aromatic carbocycles. The van der Waals surface area contributed by atoms with E-state index in [0.717, 1.165) is 37.8 Å². The number of rotatable bonds is 6. The van der Waals surface area contributed by atoms with E-state index in [-0.39, 0.29) is 11.6 Å². The van der Waals surface area contributed by atoms with Gasteiger partial charge in [0.2, 0.25) is 0 Å². The molecular formula is C14H18FN3O3. The number of hydrogen-bond donors (Lipinski definition) is 1. The molecule has 1 aliphatic rings. The van der Waals surface area contributed by atoms with Crippen molar-refractivity contribution in [3.8, 4) is 0 Å². The number of anilines is 1. The first-order chi connectivity index (χ1) is 9.97. The number of nitrogens with two attached hydrogens (primary N) is 1. The standard InChI is InChI=1S/C14H18FN3O3/c1-2-3-8-17(9-4-5-9)14(19)12-10(15)6-7-11(13(12)16)18(20)21/h6-7,9H,2-5,8,16H2,1H3. The average Bonchev–Trinajstić information content (AvgIpc) is 3.23. The number of amides is 1. The molecule has 21 heavy (non-hydrogen) atoms. The van der Waals surface area contributed by atoms with Crippen LogP contribution in [0.3, 0.4) is 0 Å². The van der Waals surface area contributed by atoms with E-state index in [4.69, 9.17) is 5.73 Å². The Morgan fingerprint density at radius 1 is 1.52 bits per heavy atom. The second-order valence-electron chi connectivity index (χ2n) is 5.20. The van der Waals surface area contributed by atoms with Gasteiger partial charge in [-0.25, -0.2) is 4.39 Å². The molecule has 0 aliphatic heterocycles. The minimum absolute atomic E-state index is 0.0992. The monoisotopic (exact) mass is 295 g/mol. The summed E-state index contributed by atoms with van der Waals surface area (Å²) in [6, 6.07) is 2.00. The van der Waals surface area contributed by atoms with Crippen LogP contribution in [-0.4, -0.2) is 28.3 Å². The fraction of sp³-hybridized carbons (Fsp3) is 0.500. The summed E-state index contributed by atoms with van der Waals surface area (Å²) in [7, 11) is 0. The molecule has 1 saturated carbocycles. The van der Waals surface area contributed by atoms with Crippen molar-refractivity contribution in [1.29, 1.82) is 0 Å². The smallest absolute Gasteiger partial charge is 0.293 e. The third-order valence-electron chi connectivity index (χ3n) is 3.58. The van der Waals surface area contributed by atoms with Crippen LogP contribution in [0.2, 0.25) is 0 Å². The number of carbonyl (C=O) groups is 1. The molecule has 6 nitrogen and oxygen atoms in total. The highest BCUT2D eigenvalue weighted by atomic mass is 19.1. The molecule has 1 amide bonds. The molecule has 2 rings (SSSR count). The molecule has 7 heteroatoms. The first-order valence-corrected chi connectivity index (χ1v) is 7.00. The highest BCUT2D eigenvalue weighted by Crippen LogP contribution is 2.33. The maximum absolute atomic E-state index is 14.0. The van der Waals surface area contributed by atoms with Crippen molar-refractivity contribution in [1.82, 2.24) is 4.90 Å². The Morgan fingerprint density at radius 3 is 2.71 bits per heavy atom. The number of halogens is 1. The van der Waals surface area contributed by atoms with E-state index in [0.29, 0.717) is 6.54 Å². The lowest BCUT2D eigenvalue weighted by Gasteiger charge is -2.23. The fourth-order valence-corrected chi connectivity index (χ4v) is 2.27. The van der Waals surface area contributed by atoms with Crippen molar-refractivity contribution in [2.45, 2.75) is 38.6 Å². The van der Waals surface area contributed by atoms with Crippen molar-refractivity contribution in [2.24, 2.45) is 0 Å². The second-order valence-corrected chi connectivity index (χ2v) is 5.20. The number of unbranched alkanes of at least 4 members (excludes halogenated alkanes) is 1. The van der Waals surface area contributed by atoms with E-state index in [1.807, 2.05) is 6.92 Å². The van der Waals surface area contributed by atoms with Crippen LogP contribution in [0.1, 0.15) is 43.0 Å². The van der Waals surface area contributed by atoms with Crippen molar-refractivity contribution < 1.29 is 14.1 Å². The van der Waals surface area contributed by atoms with Gasteiger partial charge in [0.15, 0.2) is 0 Å². The summed E-state index contributed by atoms with van der Waals surface area (Å²) >= 11 is 0. The molecule has 0 radical (unpaired) electrons. The van der Waals surface area contributed by atoms with E-state index in [1.165, 1.54) is 0 Å². The van der Waals surface area contributed by atoms with Gasteiger partial charge in [0.25, 0.3) is 11.6 Å². The molecule has 0 spiro atoms. The van der Waals surface area contributed by atoms with Crippen molar-refractivity contribution in [3.63, 3.8) is 0 Å². The van der Waals surface area contributed by atoms with Gasteiger partial charge in [-0.2, -0.15) is 0 Å². The minimum atomic E-state index is -0.815. The number of nitro benzene ring substituents is 1. The summed E-state index contributed by atoms with van der Waals surface area (Å²) < 4.78 is 14.0. The molecule has 0 heterocycles. The third-order valence-corrected chi connectivity index (χ3v) is 3.58. The zero-order valence-electron chi connectivity index (χ0n) is 11.8. The van der Waals surface area contributed by atoms with Crippen LogP contribution in [0, 0.1) is 15.9 Å². The number of carbonyl (C=O) groups excluding carboxylic acids is 1. The summed E-state index contributed by atoms with van der Waals surface area (Å²) in [4.78, 5) is 24.3. The summed E-state index contributed by atoms with van der Waals surface area (Å²) in [5.74, 6) is -1.37. The quantitative estimate of drug-likeness (QED) is 0.496. The summed E-state index contributed by atoms with van der Waals surface area (Å²) in [5, 5.41) is 10.9. The third kappa shape index (κ3) is 3.12. The van der Waals surface area contributed by atoms with Gasteiger partial charge in [0.05, 0.1) is 4.92 Å². The van der Waals surface area contributed by atoms with Crippen molar-refractivity contribution >= 4 is 17.3 Å². The molecule has 0 aromatic heterocycles. The van der Waals surface area contributed by atoms with Crippen LogP contribution in [0.25, 0.3) is 0 Å². The van der Waals surface area contributed by atoms with Crippen LogP contribution < -0.4 is 5.73 Å². The number of nitrogen functional groups attached to an aromatic ring is 1. The summed E-state index contributed by atoms with van der Waals surface area (Å²) in [6.45, 7) is 2.51. The van der Waals surface area contributed by atoms with Gasteiger partial charge in [-0.3, -0.25) is 14.9 Å². The Labute approximate surface area is 121 Å². The Kier molecular flexibility index (Phi) is 4.40. The predicted octanol–water partition coefficient (Wildman–Crippen LogP) is 2.72. The summed E-state index contributed by atoms with van der Waals surface area (Å²) in [5.41, 5.74) is 4.43. The normalized spacial score (nSPS) is 14.0. The molecule has 0 saturated heterocycles. The Balaban J connectivity index is 2.36. The van der Waals surface area contributed by atoms with Gasteiger partial charge >= 0.3 is 0 Å². The Bertz CT molecular complexity index is 573. The lowest BCUT2D eigenvalue weighted by molar-refractivity contribution is -0.384. The molecule has 1 aromatic rings. The first kappa shape index (κ1) is 15.2. The van der Waals surface area contributed by atoms with Crippen LogP contribution in [0.4, 0.5) is 15.8 Å². The van der Waals surface area contributed by atoms with E-state index in [9.17, 15) is 19.3 Å². The van der Waals surface area contributed by atoms with Gasteiger partial charge in [-0.05, 0) is 25.3 Å². The summed E-state index contributed by atoms with van der Waals surface area (Å²) in [6.07, 6.45) is 3.47. The zero-order chi connectivity index (χ0) is 15.6. The van der Waals surface area contributed by atoms with Gasteiger partial charge in [-0.15, -0.1) is 0 Å². The van der Waals surface area contributed by atoms with Crippen molar-refractivity contribution in [2.75, 3.05) is 12.3 Å². The predicted molar refractivity (Wildman–Crippen MR) is 76.4 cm³/mol. The molecule has 0 atom stereocenters. The maximum atomic E-state index is 14.0.